The van der Waals surface area contributed by atoms with Crippen molar-refractivity contribution < 1.29 is 27.8 Å². The number of nitrogens with zero attached hydrogens (tertiary/aromatic N) is 1. The minimum atomic E-state index is -3.00. The number of benzene rings is 1. The van der Waals surface area contributed by atoms with E-state index in [1.165, 1.54) is 23.5 Å². The number of hydrogen-bond donors (Lipinski definition) is 1. The van der Waals surface area contributed by atoms with E-state index < -0.39 is 23.7 Å². The molecule has 3 rings (SSSR count). The molecule has 0 fully saturated rings. The van der Waals surface area contributed by atoms with Gasteiger partial charge in [0.2, 0.25) is 0 Å². The fourth-order valence-electron chi connectivity index (χ4n) is 2.17. The van der Waals surface area contributed by atoms with Crippen LogP contribution >= 0.6 is 11.3 Å². The van der Waals surface area contributed by atoms with E-state index in [-0.39, 0.29) is 17.6 Å². The zero-order valence-electron chi connectivity index (χ0n) is 11.9. The van der Waals surface area contributed by atoms with Gasteiger partial charge in [0.05, 0.1) is 16.1 Å². The number of aromatic carboxylic acids is 1. The van der Waals surface area contributed by atoms with Gasteiger partial charge in [-0.3, -0.25) is 0 Å². The summed E-state index contributed by atoms with van der Waals surface area (Å²) in [7, 11) is 0. The smallest absolute Gasteiger partial charge is 0.340 e. The third kappa shape index (κ3) is 2.89. The summed E-state index contributed by atoms with van der Waals surface area (Å²) in [4.78, 5) is 16.3. The number of rotatable bonds is 5. The van der Waals surface area contributed by atoms with Crippen LogP contribution in [-0.4, -0.2) is 16.1 Å². The molecule has 0 amide bonds. The van der Waals surface area contributed by atoms with Gasteiger partial charge in [-0.25, -0.2) is 18.6 Å². The summed E-state index contributed by atoms with van der Waals surface area (Å²) >= 11 is 1.44. The number of thiazole rings is 1. The number of ether oxygens (including phenoxy) is 1. The van der Waals surface area contributed by atoms with Gasteiger partial charge in [0.1, 0.15) is 23.5 Å². The molecule has 2 heterocycles. The van der Waals surface area contributed by atoms with Gasteiger partial charge in [0.25, 0.3) is 6.43 Å². The molecule has 0 aliphatic heterocycles. The molecule has 1 aromatic carbocycles. The van der Waals surface area contributed by atoms with Gasteiger partial charge < -0.3 is 14.3 Å². The lowest BCUT2D eigenvalue weighted by atomic mass is 10.1. The van der Waals surface area contributed by atoms with E-state index in [1.54, 1.807) is 11.6 Å². The summed E-state index contributed by atoms with van der Waals surface area (Å²) < 4.78 is 36.4. The number of halogens is 2. The van der Waals surface area contributed by atoms with Crippen LogP contribution in [0.2, 0.25) is 0 Å². The molecule has 0 aliphatic carbocycles. The van der Waals surface area contributed by atoms with Crippen molar-refractivity contribution in [3.63, 3.8) is 0 Å². The van der Waals surface area contributed by atoms with Crippen LogP contribution in [0.5, 0.6) is 5.75 Å². The van der Waals surface area contributed by atoms with Crippen LogP contribution in [0, 0.1) is 6.92 Å². The number of hydrogen-bond acceptors (Lipinski definition) is 5. The third-order valence-corrected chi connectivity index (χ3v) is 4.22. The van der Waals surface area contributed by atoms with Crippen LogP contribution < -0.4 is 4.74 Å². The molecule has 5 nitrogen and oxygen atoms in total. The highest BCUT2D eigenvalue weighted by Gasteiger charge is 2.26. The first-order chi connectivity index (χ1) is 11.0. The van der Waals surface area contributed by atoms with Crippen LogP contribution in [0.1, 0.15) is 33.1 Å². The molecule has 120 valence electrons. The molecule has 0 unspecified atom stereocenters. The molecule has 2 aromatic heterocycles. The minimum Gasteiger partial charge on any atom is -0.488 e. The van der Waals surface area contributed by atoms with E-state index >= 15 is 0 Å². The normalized spacial score (nSPS) is 11.3. The molecule has 8 heteroatoms. The van der Waals surface area contributed by atoms with E-state index in [1.807, 2.05) is 6.92 Å². The first kappa shape index (κ1) is 15.4. The van der Waals surface area contributed by atoms with Crippen molar-refractivity contribution in [3.8, 4) is 5.75 Å². The van der Waals surface area contributed by atoms with Gasteiger partial charge in [-0.2, -0.15) is 0 Å². The third-order valence-electron chi connectivity index (χ3n) is 3.31. The molecular weight excluding hydrogens is 328 g/mol. The Balaban J connectivity index is 1.96. The van der Waals surface area contributed by atoms with Gasteiger partial charge in [-0.15, -0.1) is 11.3 Å². The predicted molar refractivity (Wildman–Crippen MR) is 79.3 cm³/mol. The maximum Gasteiger partial charge on any atom is 0.340 e. The predicted octanol–water partition coefficient (Wildman–Crippen LogP) is 4.41. The molecule has 0 spiro atoms. The molecule has 0 aliphatic rings. The number of carboxylic acid groups (broad SMARTS) is 1. The Morgan fingerprint density at radius 2 is 2.26 bits per heavy atom. The van der Waals surface area contributed by atoms with Gasteiger partial charge in [0, 0.05) is 5.39 Å². The van der Waals surface area contributed by atoms with Crippen LogP contribution in [0.15, 0.2) is 28.1 Å². The quantitative estimate of drug-likeness (QED) is 0.745. The van der Waals surface area contributed by atoms with E-state index in [9.17, 15) is 13.6 Å². The van der Waals surface area contributed by atoms with Crippen molar-refractivity contribution >= 4 is 28.3 Å². The van der Waals surface area contributed by atoms with Gasteiger partial charge in [-0.1, -0.05) is 0 Å². The lowest BCUT2D eigenvalue weighted by Crippen LogP contribution is -2.00. The Morgan fingerprint density at radius 1 is 1.48 bits per heavy atom. The second-order valence-corrected chi connectivity index (χ2v) is 5.69. The maximum absolute atomic E-state index is 12.9. The average molecular weight is 339 g/mol. The fraction of sp³-hybridized carbons (Fsp3) is 0.200. The molecule has 3 aromatic rings. The summed E-state index contributed by atoms with van der Waals surface area (Å²) in [5, 5.41) is 9.26. The van der Waals surface area contributed by atoms with E-state index in [4.69, 9.17) is 14.3 Å². The molecule has 1 N–H and O–H groups in total. The number of carboxylic acids is 1. The monoisotopic (exact) mass is 339 g/mol. The van der Waals surface area contributed by atoms with Gasteiger partial charge in [-0.05, 0) is 25.1 Å². The Labute approximate surface area is 133 Å². The van der Waals surface area contributed by atoms with Crippen molar-refractivity contribution in [1.29, 1.82) is 0 Å². The second-order valence-electron chi connectivity index (χ2n) is 4.75. The van der Waals surface area contributed by atoms with Crippen LogP contribution in [-0.2, 0) is 6.61 Å². The first-order valence-corrected chi connectivity index (χ1v) is 7.45. The Morgan fingerprint density at radius 3 is 2.87 bits per heavy atom. The number of furan rings is 1. The lowest BCUT2D eigenvalue weighted by Gasteiger charge is -2.05. The van der Waals surface area contributed by atoms with Crippen LogP contribution in [0.25, 0.3) is 11.0 Å². The Kier molecular flexibility index (Phi) is 3.99. The zero-order valence-corrected chi connectivity index (χ0v) is 12.7. The summed E-state index contributed by atoms with van der Waals surface area (Å²) in [5.41, 5.74) is 2.10. The number of fused-ring (bicyclic) bond motifs is 1. The van der Waals surface area contributed by atoms with Crippen molar-refractivity contribution in [1.82, 2.24) is 4.98 Å². The highest BCUT2D eigenvalue weighted by molar-refractivity contribution is 7.09. The number of aryl methyl sites for hydroxylation is 1. The Bertz CT molecular complexity index is 872. The molecule has 0 saturated carbocycles. The van der Waals surface area contributed by atoms with E-state index in [2.05, 4.69) is 4.98 Å². The number of alkyl halides is 2. The Hall–Kier alpha value is -2.48. The van der Waals surface area contributed by atoms with Crippen molar-refractivity contribution in [2.45, 2.75) is 20.0 Å². The second kappa shape index (κ2) is 5.96. The zero-order chi connectivity index (χ0) is 16.6. The SMILES string of the molecule is Cc1ncsc1COc1ccc2oc(C(F)F)c(C(=O)O)c2c1. The largest absolute Gasteiger partial charge is 0.488 e. The van der Waals surface area contributed by atoms with Crippen molar-refractivity contribution in [3.05, 3.63) is 45.6 Å². The molecule has 0 radical (unpaired) electrons. The highest BCUT2D eigenvalue weighted by atomic mass is 32.1. The molecule has 0 bridgehead atoms. The average Bonchev–Trinajstić information content (AvgIpc) is 3.08. The van der Waals surface area contributed by atoms with Crippen molar-refractivity contribution in [2.75, 3.05) is 0 Å². The topological polar surface area (TPSA) is 72.6 Å². The van der Waals surface area contributed by atoms with Crippen molar-refractivity contribution in [2.24, 2.45) is 0 Å². The summed E-state index contributed by atoms with van der Waals surface area (Å²) in [5.74, 6) is -1.94. The van der Waals surface area contributed by atoms with Crippen LogP contribution in [0.4, 0.5) is 8.78 Å². The summed E-state index contributed by atoms with van der Waals surface area (Å²) in [6.07, 6.45) is -3.00. The van der Waals surface area contributed by atoms with E-state index in [0.29, 0.717) is 5.75 Å². The number of carbonyl (C=O) groups is 1. The highest BCUT2D eigenvalue weighted by Crippen LogP contribution is 2.34. The molecule has 0 atom stereocenters. The van der Waals surface area contributed by atoms with E-state index in [0.717, 1.165) is 10.6 Å². The molecular formula is C15H11F2NO4S. The minimum absolute atomic E-state index is 0.0824. The lowest BCUT2D eigenvalue weighted by molar-refractivity contribution is 0.0676. The molecule has 0 saturated heterocycles. The van der Waals surface area contributed by atoms with Gasteiger partial charge >= 0.3 is 5.97 Å². The molecule has 23 heavy (non-hydrogen) atoms. The first-order valence-electron chi connectivity index (χ1n) is 6.57. The fourth-order valence-corrected chi connectivity index (χ4v) is 2.86. The maximum atomic E-state index is 12.9. The number of aromatic nitrogens is 1. The standard InChI is InChI=1S/C15H11F2NO4S/c1-7-11(23-6-18-7)5-21-8-2-3-10-9(4-8)12(15(19)20)13(22-10)14(16)17/h2-4,6,14H,5H2,1H3,(H,19,20). The van der Waals surface area contributed by atoms with Gasteiger partial charge in [0.15, 0.2) is 5.76 Å². The summed E-state index contributed by atoms with van der Waals surface area (Å²) in [6.45, 7) is 2.12. The van der Waals surface area contributed by atoms with Crippen LogP contribution in [0.3, 0.4) is 0 Å². The summed E-state index contributed by atoms with van der Waals surface area (Å²) in [6, 6.07) is 4.36.